The van der Waals surface area contributed by atoms with Crippen molar-refractivity contribution in [3.63, 3.8) is 0 Å². The van der Waals surface area contributed by atoms with E-state index in [2.05, 4.69) is 48.2 Å². The maximum absolute atomic E-state index is 10.6. The van der Waals surface area contributed by atoms with Crippen molar-refractivity contribution >= 4 is 10.4 Å². The van der Waals surface area contributed by atoms with Crippen LogP contribution in [0.25, 0.3) is 0 Å². The fourth-order valence-electron chi connectivity index (χ4n) is 10.8. The summed E-state index contributed by atoms with van der Waals surface area (Å²) in [6, 6.07) is 9.40. The molecular formula is C36H50N2O13S. The van der Waals surface area contributed by atoms with Gasteiger partial charge in [0.1, 0.15) is 24.4 Å². The Morgan fingerprint density at radius 3 is 1.40 bits per heavy atom. The SMILES string of the molecule is COc1ccc2c3c1OC1C(O)C=CC4C(C2)N(C)CCC341.COc1ccc2c3c1OC1C(O)C=CC4C(C2)N(C)CCC341.O.O.O.O=S(=O)(O)O. The van der Waals surface area contributed by atoms with Gasteiger partial charge in [-0.25, -0.2) is 0 Å². The summed E-state index contributed by atoms with van der Waals surface area (Å²) in [4.78, 5) is 4.94. The maximum atomic E-state index is 10.6. The number of nitrogens with zero attached hydrogens (tertiary/aromatic N) is 2. The highest BCUT2D eigenvalue weighted by Gasteiger charge is 2.65. The van der Waals surface area contributed by atoms with Crippen LogP contribution in [0.4, 0.5) is 0 Å². The van der Waals surface area contributed by atoms with Crippen LogP contribution in [0.5, 0.6) is 23.0 Å². The molecule has 10 atom stereocenters. The topological polar surface area (TPSA) is 253 Å². The first-order chi connectivity index (χ1) is 23.3. The Balaban J connectivity index is 0.000000170. The zero-order chi connectivity index (χ0) is 34.6. The molecular weight excluding hydrogens is 700 g/mol. The second-order valence-corrected chi connectivity index (χ2v) is 15.6. The van der Waals surface area contributed by atoms with E-state index in [1.165, 1.54) is 22.3 Å². The van der Waals surface area contributed by atoms with Crippen LogP contribution in [0.1, 0.15) is 35.1 Å². The average Bonchev–Trinajstić information content (AvgIpc) is 3.60. The Morgan fingerprint density at radius 2 is 1.06 bits per heavy atom. The molecule has 10 unspecified atom stereocenters. The van der Waals surface area contributed by atoms with E-state index in [0.717, 1.165) is 61.8 Å². The van der Waals surface area contributed by atoms with Gasteiger partial charge in [0, 0.05) is 45.9 Å². The van der Waals surface area contributed by atoms with Gasteiger partial charge in [0.25, 0.3) is 0 Å². The van der Waals surface area contributed by atoms with Crippen LogP contribution in [-0.4, -0.2) is 132 Å². The number of piperidine rings is 2. The Bertz CT molecular complexity index is 1730. The minimum Gasteiger partial charge on any atom is -0.493 e. The van der Waals surface area contributed by atoms with Crippen molar-refractivity contribution in [2.24, 2.45) is 11.8 Å². The van der Waals surface area contributed by atoms with Gasteiger partial charge < -0.3 is 55.4 Å². The molecule has 52 heavy (non-hydrogen) atoms. The van der Waals surface area contributed by atoms with Crippen LogP contribution in [0, 0.1) is 11.8 Å². The van der Waals surface area contributed by atoms with E-state index in [4.69, 9.17) is 36.5 Å². The predicted molar refractivity (Wildman–Crippen MR) is 190 cm³/mol. The van der Waals surface area contributed by atoms with Crippen LogP contribution in [-0.2, 0) is 34.1 Å². The number of aliphatic hydroxyl groups excluding tert-OH is 2. The fourth-order valence-corrected chi connectivity index (χ4v) is 10.8. The molecule has 288 valence electrons. The Morgan fingerprint density at radius 1 is 0.692 bits per heavy atom. The number of hydrogen-bond donors (Lipinski definition) is 4. The first kappa shape index (κ1) is 39.9. The van der Waals surface area contributed by atoms with Gasteiger partial charge in [-0.2, -0.15) is 8.42 Å². The van der Waals surface area contributed by atoms with Crippen LogP contribution < -0.4 is 18.9 Å². The predicted octanol–water partition coefficient (Wildman–Crippen LogP) is -0.125. The monoisotopic (exact) mass is 750 g/mol. The summed E-state index contributed by atoms with van der Waals surface area (Å²) in [5.41, 5.74) is 5.21. The van der Waals surface area contributed by atoms with Gasteiger partial charge in [0.15, 0.2) is 23.0 Å². The Labute approximate surface area is 302 Å². The first-order valence-electron chi connectivity index (χ1n) is 16.9. The van der Waals surface area contributed by atoms with Gasteiger partial charge in [-0.15, -0.1) is 0 Å². The van der Waals surface area contributed by atoms with Crippen molar-refractivity contribution in [1.29, 1.82) is 0 Å². The lowest BCUT2D eigenvalue weighted by molar-refractivity contribution is -0.0453. The van der Waals surface area contributed by atoms with Gasteiger partial charge >= 0.3 is 10.4 Å². The Kier molecular flexibility index (Phi) is 10.6. The molecule has 15 nitrogen and oxygen atoms in total. The van der Waals surface area contributed by atoms with Crippen LogP contribution >= 0.6 is 0 Å². The van der Waals surface area contributed by atoms with E-state index < -0.39 is 22.6 Å². The van der Waals surface area contributed by atoms with Gasteiger partial charge in [0.2, 0.25) is 0 Å². The molecule has 8 aliphatic rings. The van der Waals surface area contributed by atoms with Gasteiger partial charge in [-0.3, -0.25) is 9.11 Å². The van der Waals surface area contributed by atoms with E-state index in [1.54, 1.807) is 14.2 Å². The molecule has 0 amide bonds. The second kappa shape index (κ2) is 13.8. The summed E-state index contributed by atoms with van der Waals surface area (Å²) < 4.78 is 55.3. The summed E-state index contributed by atoms with van der Waals surface area (Å²) in [5.74, 6) is 4.18. The van der Waals surface area contributed by atoms with Gasteiger partial charge in [-0.1, -0.05) is 36.4 Å². The lowest BCUT2D eigenvalue weighted by atomic mass is 9.53. The van der Waals surface area contributed by atoms with Crippen molar-refractivity contribution < 1.29 is 63.1 Å². The standard InChI is InChI=1S/2C18H21NO3.H2O4S.3H2O/c2*1-19-8-7-18-11-4-5-13(20)17(18)22-16-14(21-2)6-3-10(15(16)18)9-12(11)19;1-5(2,3)4;;;/h2*3-6,11-13,17,20H,7-9H2,1-2H3;(H2,1,2,3,4);3*1H2. The van der Waals surface area contributed by atoms with Gasteiger partial charge in [0.05, 0.1) is 14.2 Å². The Hall–Kier alpha value is -3.29. The van der Waals surface area contributed by atoms with Gasteiger partial charge in [-0.05, 0) is 76.1 Å². The lowest BCUT2D eigenvalue weighted by Gasteiger charge is -2.56. The molecule has 10 N–H and O–H groups in total. The van der Waals surface area contributed by atoms with E-state index in [0.29, 0.717) is 23.9 Å². The zero-order valence-corrected chi connectivity index (χ0v) is 30.3. The summed E-state index contributed by atoms with van der Waals surface area (Å²) in [7, 11) is 3.15. The number of hydrogen-bond acceptors (Lipinski definition) is 10. The number of aliphatic hydroxyl groups is 2. The minimum absolute atomic E-state index is 0. The molecule has 4 heterocycles. The molecule has 0 radical (unpaired) electrons. The quantitative estimate of drug-likeness (QED) is 0.232. The normalized spacial score (nSPS) is 35.8. The number of methoxy groups -OCH3 is 2. The molecule has 4 bridgehead atoms. The summed E-state index contributed by atoms with van der Waals surface area (Å²) in [5, 5.41) is 21.1. The molecule has 2 fully saturated rings. The summed E-state index contributed by atoms with van der Waals surface area (Å²) in [6.45, 7) is 2.11. The molecule has 4 aliphatic heterocycles. The molecule has 2 saturated heterocycles. The third-order valence-electron chi connectivity index (χ3n) is 12.7. The molecule has 10 rings (SSSR count). The number of benzene rings is 2. The highest BCUT2D eigenvalue weighted by Crippen LogP contribution is 2.64. The average molecular weight is 751 g/mol. The van der Waals surface area contributed by atoms with Crippen LogP contribution in [0.2, 0.25) is 0 Å². The van der Waals surface area contributed by atoms with Crippen molar-refractivity contribution in [2.75, 3.05) is 41.4 Å². The van der Waals surface area contributed by atoms with Crippen molar-refractivity contribution in [3.8, 4) is 23.0 Å². The fraction of sp³-hybridized carbons (Fsp3) is 0.556. The number of ether oxygens (including phenoxy) is 4. The largest absolute Gasteiger partial charge is 0.493 e. The maximum Gasteiger partial charge on any atom is 0.394 e. The third kappa shape index (κ3) is 5.54. The summed E-state index contributed by atoms with van der Waals surface area (Å²) in [6.07, 6.45) is 11.1. The van der Waals surface area contributed by atoms with E-state index in [9.17, 15) is 10.2 Å². The molecule has 2 aromatic carbocycles. The van der Waals surface area contributed by atoms with E-state index >= 15 is 0 Å². The second-order valence-electron chi connectivity index (χ2n) is 14.7. The van der Waals surface area contributed by atoms with Crippen molar-refractivity contribution in [3.05, 3.63) is 70.8 Å². The van der Waals surface area contributed by atoms with E-state index in [-0.39, 0.29) is 39.5 Å². The number of rotatable bonds is 2. The summed E-state index contributed by atoms with van der Waals surface area (Å²) >= 11 is 0. The van der Waals surface area contributed by atoms with Crippen LogP contribution in [0.15, 0.2) is 48.6 Å². The number of likely N-dealkylation sites (N-methyl/N-ethyl adjacent to an activating group) is 2. The van der Waals surface area contributed by atoms with Crippen molar-refractivity contribution in [1.82, 2.24) is 9.80 Å². The molecule has 2 spiro atoms. The molecule has 2 aromatic rings. The molecule has 0 saturated carbocycles. The lowest BCUT2D eigenvalue weighted by Crippen LogP contribution is -2.64. The highest BCUT2D eigenvalue weighted by atomic mass is 32.3. The van der Waals surface area contributed by atoms with Crippen LogP contribution in [0.3, 0.4) is 0 Å². The zero-order valence-electron chi connectivity index (χ0n) is 29.5. The molecule has 16 heteroatoms. The molecule has 0 aromatic heterocycles. The number of likely N-dealkylation sites (tertiary alicyclic amines) is 2. The third-order valence-corrected chi connectivity index (χ3v) is 12.7. The smallest absolute Gasteiger partial charge is 0.394 e. The van der Waals surface area contributed by atoms with E-state index in [1.807, 2.05) is 24.3 Å². The highest BCUT2D eigenvalue weighted by molar-refractivity contribution is 7.79. The molecule has 4 aliphatic carbocycles. The van der Waals surface area contributed by atoms with Crippen molar-refractivity contribution in [2.45, 2.75) is 73.0 Å². The first-order valence-corrected chi connectivity index (χ1v) is 18.3. The minimum atomic E-state index is -4.67.